The Hall–Kier alpha value is -1.73. The van der Waals surface area contributed by atoms with Crippen LogP contribution >= 0.6 is 12.4 Å². The van der Waals surface area contributed by atoms with Gasteiger partial charge in [-0.15, -0.1) is 12.4 Å². The predicted molar refractivity (Wildman–Crippen MR) is 105 cm³/mol. The van der Waals surface area contributed by atoms with E-state index in [1.807, 2.05) is 0 Å². The number of fused-ring (bicyclic) bond motifs is 2. The summed E-state index contributed by atoms with van der Waals surface area (Å²) in [6.45, 7) is 1.30. The van der Waals surface area contributed by atoms with Gasteiger partial charge in [-0.3, -0.25) is 9.59 Å². The lowest BCUT2D eigenvalue weighted by Crippen LogP contribution is -2.54. The van der Waals surface area contributed by atoms with Gasteiger partial charge in [0.25, 0.3) is 0 Å². The maximum atomic E-state index is 14.2. The van der Waals surface area contributed by atoms with Crippen molar-refractivity contribution in [2.75, 3.05) is 0 Å². The molecule has 0 saturated heterocycles. The standard InChI is InChI=1S/C20H27F2N3O2.ClH/c1-11(26)24-18(16-6-5-14(21)9-17(16)22)10-19(27)25-20-12-3-2-4-13(20)8-15(23)7-12;/h5-6,9,12-13,15,18,20H,2-4,7-8,10,23H2,1H3,(H,24,26)(H,25,27);1H. The zero-order valence-corrected chi connectivity index (χ0v) is 16.7. The molecule has 156 valence electrons. The molecule has 2 aliphatic rings. The van der Waals surface area contributed by atoms with Gasteiger partial charge in [0.2, 0.25) is 11.8 Å². The van der Waals surface area contributed by atoms with Crippen molar-refractivity contribution < 1.29 is 18.4 Å². The van der Waals surface area contributed by atoms with E-state index in [1.54, 1.807) is 0 Å². The van der Waals surface area contributed by atoms with Crippen molar-refractivity contribution in [2.24, 2.45) is 17.6 Å². The van der Waals surface area contributed by atoms with Gasteiger partial charge >= 0.3 is 0 Å². The quantitative estimate of drug-likeness (QED) is 0.691. The summed E-state index contributed by atoms with van der Waals surface area (Å²) in [6.07, 6.45) is 4.98. The minimum Gasteiger partial charge on any atom is -0.353 e. The number of nitrogens with one attached hydrogen (secondary N) is 2. The Balaban J connectivity index is 0.00000280. The van der Waals surface area contributed by atoms with E-state index in [9.17, 15) is 18.4 Å². The van der Waals surface area contributed by atoms with Crippen molar-refractivity contribution in [1.82, 2.24) is 10.6 Å². The van der Waals surface area contributed by atoms with Gasteiger partial charge in [0.05, 0.1) is 12.5 Å². The largest absolute Gasteiger partial charge is 0.353 e. The average Bonchev–Trinajstić information content (AvgIpc) is 2.54. The van der Waals surface area contributed by atoms with Gasteiger partial charge in [0, 0.05) is 30.6 Å². The van der Waals surface area contributed by atoms with Crippen molar-refractivity contribution in [3.05, 3.63) is 35.4 Å². The van der Waals surface area contributed by atoms with E-state index in [0.29, 0.717) is 11.8 Å². The van der Waals surface area contributed by atoms with E-state index < -0.39 is 17.7 Å². The molecular weight excluding hydrogens is 388 g/mol. The molecule has 2 fully saturated rings. The molecule has 0 radical (unpaired) electrons. The van der Waals surface area contributed by atoms with Crippen molar-refractivity contribution in [2.45, 2.75) is 63.6 Å². The molecule has 2 amide bonds. The second-order valence-corrected chi connectivity index (χ2v) is 7.90. The highest BCUT2D eigenvalue weighted by Crippen LogP contribution is 2.39. The molecule has 1 aromatic rings. The number of rotatable bonds is 5. The molecule has 0 aliphatic heterocycles. The summed E-state index contributed by atoms with van der Waals surface area (Å²) >= 11 is 0. The molecule has 2 saturated carbocycles. The number of carbonyl (C=O) groups is 2. The fraction of sp³-hybridized carbons (Fsp3) is 0.600. The second kappa shape index (κ2) is 9.65. The number of hydrogen-bond donors (Lipinski definition) is 3. The lowest BCUT2D eigenvalue weighted by Gasteiger charge is -2.45. The van der Waals surface area contributed by atoms with E-state index in [0.717, 1.165) is 44.2 Å². The highest BCUT2D eigenvalue weighted by molar-refractivity contribution is 5.85. The van der Waals surface area contributed by atoms with E-state index in [-0.39, 0.29) is 48.3 Å². The Morgan fingerprint density at radius 1 is 1.21 bits per heavy atom. The van der Waals surface area contributed by atoms with Crippen LogP contribution in [0.4, 0.5) is 8.78 Å². The van der Waals surface area contributed by atoms with Gasteiger partial charge < -0.3 is 16.4 Å². The lowest BCUT2D eigenvalue weighted by molar-refractivity contribution is -0.124. The Morgan fingerprint density at radius 2 is 1.86 bits per heavy atom. The van der Waals surface area contributed by atoms with Crippen molar-refractivity contribution in [3.63, 3.8) is 0 Å². The van der Waals surface area contributed by atoms with E-state index in [4.69, 9.17) is 5.73 Å². The van der Waals surface area contributed by atoms with Crippen LogP contribution in [0.1, 0.15) is 57.1 Å². The zero-order valence-electron chi connectivity index (χ0n) is 15.9. The Morgan fingerprint density at radius 3 is 2.43 bits per heavy atom. The third-order valence-corrected chi connectivity index (χ3v) is 5.81. The number of amides is 2. The Labute approximate surface area is 170 Å². The summed E-state index contributed by atoms with van der Waals surface area (Å²) in [5.41, 5.74) is 6.23. The van der Waals surface area contributed by atoms with Crippen LogP contribution < -0.4 is 16.4 Å². The van der Waals surface area contributed by atoms with Gasteiger partial charge in [0.15, 0.2) is 0 Å². The van der Waals surface area contributed by atoms with E-state index >= 15 is 0 Å². The molecule has 2 bridgehead atoms. The number of benzene rings is 1. The fourth-order valence-electron chi connectivity index (χ4n) is 4.72. The molecule has 2 aliphatic carbocycles. The SMILES string of the molecule is CC(=O)NC(CC(=O)NC1C2CCCC1CC(N)C2)c1ccc(F)cc1F.Cl. The fourth-order valence-corrected chi connectivity index (χ4v) is 4.72. The molecule has 3 rings (SSSR count). The minimum atomic E-state index is -0.839. The molecule has 8 heteroatoms. The smallest absolute Gasteiger partial charge is 0.222 e. The molecule has 4 N–H and O–H groups in total. The molecule has 3 atom stereocenters. The highest BCUT2D eigenvalue weighted by atomic mass is 35.5. The van der Waals surface area contributed by atoms with E-state index in [2.05, 4.69) is 10.6 Å². The van der Waals surface area contributed by atoms with Crippen LogP contribution in [0.25, 0.3) is 0 Å². The molecule has 0 heterocycles. The van der Waals surface area contributed by atoms with Crippen LogP contribution in [-0.4, -0.2) is 23.9 Å². The zero-order chi connectivity index (χ0) is 19.6. The average molecular weight is 416 g/mol. The van der Waals surface area contributed by atoms with Crippen LogP contribution in [0.5, 0.6) is 0 Å². The Bertz CT molecular complexity index is 705. The van der Waals surface area contributed by atoms with Crippen LogP contribution in [0.3, 0.4) is 0 Å². The number of hydrogen-bond acceptors (Lipinski definition) is 3. The van der Waals surface area contributed by atoms with Crippen molar-refractivity contribution in [3.8, 4) is 0 Å². The van der Waals surface area contributed by atoms with Crippen molar-refractivity contribution >= 4 is 24.2 Å². The van der Waals surface area contributed by atoms with Gasteiger partial charge in [0.1, 0.15) is 11.6 Å². The first-order valence-corrected chi connectivity index (χ1v) is 9.60. The number of halogens is 3. The first-order valence-electron chi connectivity index (χ1n) is 9.60. The number of carbonyl (C=O) groups excluding carboxylic acids is 2. The lowest BCUT2D eigenvalue weighted by atomic mass is 9.67. The van der Waals surface area contributed by atoms with Crippen LogP contribution in [0, 0.1) is 23.5 Å². The minimum absolute atomic E-state index is 0. The summed E-state index contributed by atoms with van der Waals surface area (Å²) < 4.78 is 27.3. The summed E-state index contributed by atoms with van der Waals surface area (Å²) in [4.78, 5) is 24.2. The molecular formula is C20H28ClF2N3O2. The first-order chi connectivity index (χ1) is 12.8. The first kappa shape index (κ1) is 22.6. The van der Waals surface area contributed by atoms with Crippen LogP contribution in [-0.2, 0) is 9.59 Å². The normalized spacial score (nSPS) is 27.3. The molecule has 0 spiro atoms. The topological polar surface area (TPSA) is 84.2 Å². The molecule has 28 heavy (non-hydrogen) atoms. The van der Waals surface area contributed by atoms with Gasteiger partial charge in [-0.25, -0.2) is 8.78 Å². The Kier molecular flexibility index (Phi) is 7.78. The second-order valence-electron chi connectivity index (χ2n) is 7.90. The summed E-state index contributed by atoms with van der Waals surface area (Å²) in [6, 6.07) is 2.59. The molecule has 1 aromatic carbocycles. The summed E-state index contributed by atoms with van der Waals surface area (Å²) in [5.74, 6) is -1.35. The number of nitrogens with two attached hydrogens (primary N) is 1. The summed E-state index contributed by atoms with van der Waals surface area (Å²) in [7, 11) is 0. The predicted octanol–water partition coefficient (Wildman–Crippen LogP) is 2.98. The van der Waals surface area contributed by atoms with Gasteiger partial charge in [-0.2, -0.15) is 0 Å². The molecule has 5 nitrogen and oxygen atoms in total. The van der Waals surface area contributed by atoms with Gasteiger partial charge in [-0.1, -0.05) is 12.5 Å². The maximum absolute atomic E-state index is 14.2. The third-order valence-electron chi connectivity index (χ3n) is 5.81. The maximum Gasteiger partial charge on any atom is 0.222 e. The monoisotopic (exact) mass is 415 g/mol. The third kappa shape index (κ3) is 5.41. The van der Waals surface area contributed by atoms with Crippen molar-refractivity contribution in [1.29, 1.82) is 0 Å². The molecule has 0 aromatic heterocycles. The van der Waals surface area contributed by atoms with E-state index in [1.165, 1.54) is 13.0 Å². The van der Waals surface area contributed by atoms with Crippen LogP contribution in [0.2, 0.25) is 0 Å². The summed E-state index contributed by atoms with van der Waals surface area (Å²) in [5, 5.41) is 5.70. The van der Waals surface area contributed by atoms with Gasteiger partial charge in [-0.05, 0) is 43.6 Å². The van der Waals surface area contributed by atoms with Crippen LogP contribution in [0.15, 0.2) is 18.2 Å². The highest BCUT2D eigenvalue weighted by Gasteiger charge is 2.40. The molecule has 3 unspecified atom stereocenters.